The Balaban J connectivity index is 1.21. The first-order valence-electron chi connectivity index (χ1n) is 13.5. The summed E-state index contributed by atoms with van der Waals surface area (Å²) >= 11 is 6.33. The second-order valence-corrected chi connectivity index (χ2v) is 10.4. The van der Waals surface area contributed by atoms with Crippen molar-refractivity contribution in [3.8, 4) is 11.3 Å². The molecule has 2 amide bonds. The van der Waals surface area contributed by atoms with E-state index >= 15 is 0 Å². The van der Waals surface area contributed by atoms with Crippen LogP contribution in [0.15, 0.2) is 91.0 Å². The third-order valence-corrected chi connectivity index (χ3v) is 7.51. The van der Waals surface area contributed by atoms with E-state index in [-0.39, 0.29) is 18.4 Å². The van der Waals surface area contributed by atoms with Gasteiger partial charge in [-0.05, 0) is 43.2 Å². The molecule has 8 heteroatoms. The lowest BCUT2D eigenvalue weighted by Crippen LogP contribution is -2.52. The van der Waals surface area contributed by atoms with Crippen molar-refractivity contribution in [1.29, 1.82) is 0 Å². The summed E-state index contributed by atoms with van der Waals surface area (Å²) in [6, 6.07) is 29.1. The number of anilines is 1. The van der Waals surface area contributed by atoms with E-state index in [9.17, 15) is 9.59 Å². The summed E-state index contributed by atoms with van der Waals surface area (Å²) in [5.74, 6) is 0.479. The maximum atomic E-state index is 13.4. The van der Waals surface area contributed by atoms with Gasteiger partial charge < -0.3 is 14.7 Å². The number of piperazine rings is 1. The fourth-order valence-electron chi connectivity index (χ4n) is 4.79. The zero-order chi connectivity index (χ0) is 27.9. The molecule has 1 aliphatic heterocycles. The summed E-state index contributed by atoms with van der Waals surface area (Å²) < 4.78 is 0. The fraction of sp³-hybridized carbons (Fsp3) is 0.250. The molecular weight excluding hydrogens is 522 g/mol. The summed E-state index contributed by atoms with van der Waals surface area (Å²) in [6.45, 7) is 4.87. The molecule has 0 radical (unpaired) electrons. The first-order chi connectivity index (χ1) is 19.5. The predicted molar refractivity (Wildman–Crippen MR) is 158 cm³/mol. The first-order valence-corrected chi connectivity index (χ1v) is 13.9. The average molecular weight is 554 g/mol. The van der Waals surface area contributed by atoms with Crippen LogP contribution in [0.1, 0.15) is 21.5 Å². The summed E-state index contributed by atoms with van der Waals surface area (Å²) in [5, 5.41) is 9.25. The maximum Gasteiger partial charge on any atom is 0.255 e. The number of benzene rings is 3. The topological polar surface area (TPSA) is 69.6 Å². The highest BCUT2D eigenvalue weighted by molar-refractivity contribution is 6.33. The summed E-state index contributed by atoms with van der Waals surface area (Å²) in [5.41, 5.74) is 4.57. The van der Waals surface area contributed by atoms with Crippen molar-refractivity contribution in [3.63, 3.8) is 0 Å². The van der Waals surface area contributed by atoms with Gasteiger partial charge in [-0.3, -0.25) is 9.59 Å². The molecule has 204 valence electrons. The van der Waals surface area contributed by atoms with Crippen LogP contribution in [-0.2, 0) is 11.2 Å². The van der Waals surface area contributed by atoms with Gasteiger partial charge in [-0.15, -0.1) is 10.2 Å². The highest BCUT2D eigenvalue weighted by atomic mass is 35.5. The Morgan fingerprint density at radius 1 is 0.825 bits per heavy atom. The van der Waals surface area contributed by atoms with Crippen LogP contribution in [0.25, 0.3) is 11.3 Å². The van der Waals surface area contributed by atoms with Crippen molar-refractivity contribution in [1.82, 2.24) is 20.0 Å². The maximum absolute atomic E-state index is 13.4. The van der Waals surface area contributed by atoms with E-state index in [4.69, 9.17) is 11.6 Å². The first kappa shape index (κ1) is 27.3. The Morgan fingerprint density at radius 3 is 2.20 bits per heavy atom. The molecule has 0 aliphatic carbocycles. The molecule has 0 saturated carbocycles. The average Bonchev–Trinajstić information content (AvgIpc) is 3.00. The molecule has 0 unspecified atom stereocenters. The van der Waals surface area contributed by atoms with Crippen molar-refractivity contribution in [2.45, 2.75) is 13.3 Å². The Labute approximate surface area is 240 Å². The van der Waals surface area contributed by atoms with Gasteiger partial charge in [-0.1, -0.05) is 83.9 Å². The third kappa shape index (κ3) is 6.66. The second-order valence-electron chi connectivity index (χ2n) is 9.95. The summed E-state index contributed by atoms with van der Waals surface area (Å²) in [7, 11) is 0. The van der Waals surface area contributed by atoms with Crippen molar-refractivity contribution < 1.29 is 9.59 Å². The standard InChI is InChI=1S/C32H32ClN5O2/c1-24-11-13-26(14-12-24)29-15-16-30(35-34-29)36-19-21-37(22-20-36)31(39)23-38(18-17-25-7-3-2-4-8-25)32(40)27-9-5-6-10-28(27)33/h2-16H,17-23H2,1H3. The number of amides is 2. The van der Waals surface area contributed by atoms with E-state index in [0.29, 0.717) is 49.7 Å². The van der Waals surface area contributed by atoms with E-state index in [1.54, 1.807) is 29.2 Å². The third-order valence-electron chi connectivity index (χ3n) is 7.18. The lowest BCUT2D eigenvalue weighted by atomic mass is 10.1. The molecule has 0 N–H and O–H groups in total. The van der Waals surface area contributed by atoms with Crippen molar-refractivity contribution >= 4 is 29.2 Å². The normalized spacial score (nSPS) is 13.2. The number of halogens is 1. The monoisotopic (exact) mass is 553 g/mol. The minimum atomic E-state index is -0.238. The Bertz CT molecular complexity index is 1440. The van der Waals surface area contributed by atoms with Gasteiger partial charge in [0, 0.05) is 38.3 Å². The van der Waals surface area contributed by atoms with Crippen molar-refractivity contribution in [2.75, 3.05) is 44.2 Å². The van der Waals surface area contributed by atoms with Crippen LogP contribution in [0.3, 0.4) is 0 Å². The number of carbonyl (C=O) groups is 2. The number of nitrogens with zero attached hydrogens (tertiary/aromatic N) is 5. The summed E-state index contributed by atoms with van der Waals surface area (Å²) in [6.07, 6.45) is 0.648. The summed E-state index contributed by atoms with van der Waals surface area (Å²) in [4.78, 5) is 32.4. The van der Waals surface area contributed by atoms with Crippen molar-refractivity contribution in [3.05, 3.63) is 113 Å². The van der Waals surface area contributed by atoms with Gasteiger partial charge in [0.05, 0.1) is 16.3 Å². The van der Waals surface area contributed by atoms with Crippen LogP contribution in [0.4, 0.5) is 5.82 Å². The van der Waals surface area contributed by atoms with E-state index < -0.39 is 0 Å². The quantitative estimate of drug-likeness (QED) is 0.302. The number of aryl methyl sites for hydroxylation is 1. The van der Waals surface area contributed by atoms with E-state index in [0.717, 1.165) is 22.6 Å². The molecule has 7 nitrogen and oxygen atoms in total. The van der Waals surface area contributed by atoms with E-state index in [1.165, 1.54) is 5.56 Å². The smallest absolute Gasteiger partial charge is 0.255 e. The number of carbonyl (C=O) groups excluding carboxylic acids is 2. The molecule has 5 rings (SSSR count). The van der Waals surface area contributed by atoms with Crippen LogP contribution in [0.5, 0.6) is 0 Å². The number of hydrogen-bond acceptors (Lipinski definition) is 5. The van der Waals surface area contributed by atoms with Gasteiger partial charge in [0.1, 0.15) is 6.54 Å². The van der Waals surface area contributed by atoms with Gasteiger partial charge in [0.15, 0.2) is 5.82 Å². The van der Waals surface area contributed by atoms with Crippen LogP contribution in [0, 0.1) is 6.92 Å². The fourth-order valence-corrected chi connectivity index (χ4v) is 5.00. The van der Waals surface area contributed by atoms with Crippen LogP contribution in [0.2, 0.25) is 5.02 Å². The molecule has 1 aromatic heterocycles. The minimum Gasteiger partial charge on any atom is -0.352 e. The molecule has 40 heavy (non-hydrogen) atoms. The molecule has 0 atom stereocenters. The highest BCUT2D eigenvalue weighted by Crippen LogP contribution is 2.21. The number of hydrogen-bond donors (Lipinski definition) is 0. The van der Waals surface area contributed by atoms with Crippen LogP contribution >= 0.6 is 11.6 Å². The molecule has 1 saturated heterocycles. The Kier molecular flexibility index (Phi) is 8.71. The minimum absolute atomic E-state index is 0.00193. The van der Waals surface area contributed by atoms with E-state index in [2.05, 4.69) is 34.2 Å². The lowest BCUT2D eigenvalue weighted by Gasteiger charge is -2.36. The number of rotatable bonds is 8. The molecule has 0 bridgehead atoms. The SMILES string of the molecule is Cc1ccc(-c2ccc(N3CCN(C(=O)CN(CCc4ccccc4)C(=O)c4ccccc4Cl)CC3)nn2)cc1. The molecule has 3 aromatic carbocycles. The molecular formula is C32H32ClN5O2. The lowest BCUT2D eigenvalue weighted by molar-refractivity contribution is -0.132. The van der Waals surface area contributed by atoms with Crippen LogP contribution in [-0.4, -0.2) is 71.1 Å². The molecule has 4 aromatic rings. The van der Waals surface area contributed by atoms with Gasteiger partial charge in [0.2, 0.25) is 5.91 Å². The Hall–Kier alpha value is -4.23. The molecule has 0 spiro atoms. The van der Waals surface area contributed by atoms with Crippen LogP contribution < -0.4 is 4.90 Å². The second kappa shape index (κ2) is 12.7. The predicted octanol–water partition coefficient (Wildman–Crippen LogP) is 5.14. The zero-order valence-electron chi connectivity index (χ0n) is 22.5. The van der Waals surface area contributed by atoms with Gasteiger partial charge >= 0.3 is 0 Å². The van der Waals surface area contributed by atoms with Gasteiger partial charge in [0.25, 0.3) is 5.91 Å². The zero-order valence-corrected chi connectivity index (χ0v) is 23.3. The van der Waals surface area contributed by atoms with Crippen molar-refractivity contribution in [2.24, 2.45) is 0 Å². The molecule has 1 aliphatic rings. The Morgan fingerprint density at radius 2 is 1.52 bits per heavy atom. The largest absolute Gasteiger partial charge is 0.352 e. The number of aromatic nitrogens is 2. The van der Waals surface area contributed by atoms with Gasteiger partial charge in [-0.25, -0.2) is 0 Å². The highest BCUT2D eigenvalue weighted by Gasteiger charge is 2.26. The molecule has 2 heterocycles. The van der Waals surface area contributed by atoms with Gasteiger partial charge in [-0.2, -0.15) is 0 Å². The molecule has 1 fully saturated rings. The van der Waals surface area contributed by atoms with E-state index in [1.807, 2.05) is 59.5 Å².